The first-order valence-corrected chi connectivity index (χ1v) is 9.32. The molecule has 0 saturated carbocycles. The Hall–Kier alpha value is -3.15. The van der Waals surface area contributed by atoms with Crippen LogP contribution in [0.4, 0.5) is 0 Å². The predicted molar refractivity (Wildman–Crippen MR) is 103 cm³/mol. The number of fused-ring (bicyclic) bond motifs is 1. The van der Waals surface area contributed by atoms with Crippen molar-refractivity contribution in [3.8, 4) is 5.75 Å². The SMILES string of the molecule is C[C@@H](OC(=O)COc1ccc(C=O)cc1)C(=O)N[C@@H]1CCCc2ccccc21. The molecular formula is C22H23NO5. The van der Waals surface area contributed by atoms with E-state index in [2.05, 4.69) is 11.4 Å². The molecule has 0 saturated heterocycles. The fourth-order valence-corrected chi connectivity index (χ4v) is 3.26. The summed E-state index contributed by atoms with van der Waals surface area (Å²) >= 11 is 0. The van der Waals surface area contributed by atoms with E-state index in [1.165, 1.54) is 5.56 Å². The number of benzene rings is 2. The van der Waals surface area contributed by atoms with Gasteiger partial charge in [0.05, 0.1) is 6.04 Å². The summed E-state index contributed by atoms with van der Waals surface area (Å²) in [6.45, 7) is 1.23. The number of nitrogens with one attached hydrogen (secondary N) is 1. The number of aryl methyl sites for hydroxylation is 1. The minimum atomic E-state index is -0.914. The maximum atomic E-state index is 12.4. The Morgan fingerprint density at radius 2 is 1.93 bits per heavy atom. The Bertz CT molecular complexity index is 846. The number of rotatable bonds is 7. The molecule has 0 radical (unpaired) electrons. The summed E-state index contributed by atoms with van der Waals surface area (Å²) < 4.78 is 10.5. The molecule has 0 fully saturated rings. The van der Waals surface area contributed by atoms with Gasteiger partial charge in [0.2, 0.25) is 0 Å². The first-order valence-electron chi connectivity index (χ1n) is 9.32. The van der Waals surface area contributed by atoms with E-state index in [1.54, 1.807) is 31.2 Å². The van der Waals surface area contributed by atoms with E-state index in [-0.39, 0.29) is 18.6 Å². The molecule has 28 heavy (non-hydrogen) atoms. The third-order valence-corrected chi connectivity index (χ3v) is 4.74. The first kappa shape index (κ1) is 19.6. The van der Waals surface area contributed by atoms with Crippen molar-refractivity contribution in [3.05, 3.63) is 65.2 Å². The second-order valence-electron chi connectivity index (χ2n) is 6.76. The molecule has 3 rings (SSSR count). The van der Waals surface area contributed by atoms with Crippen LogP contribution in [0.3, 0.4) is 0 Å². The third-order valence-electron chi connectivity index (χ3n) is 4.74. The van der Waals surface area contributed by atoms with Crippen molar-refractivity contribution in [2.75, 3.05) is 6.61 Å². The smallest absolute Gasteiger partial charge is 0.344 e. The van der Waals surface area contributed by atoms with Crippen molar-refractivity contribution in [3.63, 3.8) is 0 Å². The highest BCUT2D eigenvalue weighted by molar-refractivity contribution is 5.84. The van der Waals surface area contributed by atoms with Gasteiger partial charge in [0.25, 0.3) is 5.91 Å². The van der Waals surface area contributed by atoms with Gasteiger partial charge >= 0.3 is 5.97 Å². The Morgan fingerprint density at radius 1 is 1.18 bits per heavy atom. The summed E-state index contributed by atoms with van der Waals surface area (Å²) in [7, 11) is 0. The van der Waals surface area contributed by atoms with Crippen LogP contribution in [-0.4, -0.2) is 30.9 Å². The zero-order chi connectivity index (χ0) is 19.9. The van der Waals surface area contributed by atoms with Crippen LogP contribution in [0.1, 0.15) is 47.3 Å². The number of carbonyl (C=O) groups excluding carboxylic acids is 3. The van der Waals surface area contributed by atoms with Gasteiger partial charge in [-0.1, -0.05) is 24.3 Å². The van der Waals surface area contributed by atoms with Gasteiger partial charge in [-0.25, -0.2) is 4.79 Å². The van der Waals surface area contributed by atoms with Crippen LogP contribution >= 0.6 is 0 Å². The quantitative estimate of drug-likeness (QED) is 0.589. The maximum Gasteiger partial charge on any atom is 0.344 e. The number of carbonyl (C=O) groups is 3. The Kier molecular flexibility index (Phi) is 6.42. The lowest BCUT2D eigenvalue weighted by atomic mass is 9.87. The molecule has 2 aromatic rings. The standard InChI is InChI=1S/C22H23NO5/c1-15(28-21(25)14-27-18-11-9-16(13-24)10-12-18)22(26)23-20-8-4-6-17-5-2-3-7-19(17)20/h2-3,5,7,9-13,15,20H,4,6,8,14H2,1H3,(H,23,26)/t15-,20-/m1/s1. The van der Waals surface area contributed by atoms with Gasteiger partial charge in [-0.3, -0.25) is 9.59 Å². The number of hydrogen-bond donors (Lipinski definition) is 1. The third kappa shape index (κ3) is 4.97. The maximum absolute atomic E-state index is 12.4. The molecule has 0 heterocycles. The van der Waals surface area contributed by atoms with Crippen LogP contribution in [0.5, 0.6) is 5.75 Å². The van der Waals surface area contributed by atoms with Gasteiger partial charge in [0.15, 0.2) is 12.7 Å². The fraction of sp³-hybridized carbons (Fsp3) is 0.318. The van der Waals surface area contributed by atoms with E-state index >= 15 is 0 Å². The first-order chi connectivity index (χ1) is 13.6. The Labute approximate surface area is 163 Å². The Morgan fingerprint density at radius 3 is 2.68 bits per heavy atom. The van der Waals surface area contributed by atoms with Gasteiger partial charge in [0.1, 0.15) is 12.0 Å². The van der Waals surface area contributed by atoms with E-state index in [0.717, 1.165) is 31.1 Å². The number of esters is 1. The molecule has 0 aromatic heterocycles. The molecule has 146 valence electrons. The highest BCUT2D eigenvalue weighted by atomic mass is 16.6. The van der Waals surface area contributed by atoms with Crippen molar-refractivity contribution in [2.45, 2.75) is 38.3 Å². The molecule has 1 aliphatic carbocycles. The molecule has 1 N–H and O–H groups in total. The molecular weight excluding hydrogens is 358 g/mol. The van der Waals surface area contributed by atoms with Crippen molar-refractivity contribution in [1.82, 2.24) is 5.32 Å². The van der Waals surface area contributed by atoms with Crippen LogP contribution in [0, 0.1) is 0 Å². The highest BCUT2D eigenvalue weighted by Crippen LogP contribution is 2.29. The summed E-state index contributed by atoms with van der Waals surface area (Å²) in [5, 5.41) is 2.98. The lowest BCUT2D eigenvalue weighted by molar-refractivity contribution is -0.156. The minimum Gasteiger partial charge on any atom is -0.482 e. The lowest BCUT2D eigenvalue weighted by Crippen LogP contribution is -2.39. The topological polar surface area (TPSA) is 81.7 Å². The van der Waals surface area contributed by atoms with Crippen molar-refractivity contribution in [1.29, 1.82) is 0 Å². The molecule has 6 heteroatoms. The largest absolute Gasteiger partial charge is 0.482 e. The molecule has 2 atom stereocenters. The second kappa shape index (κ2) is 9.17. The van der Waals surface area contributed by atoms with Gasteiger partial charge in [-0.2, -0.15) is 0 Å². The average Bonchev–Trinajstić information content (AvgIpc) is 2.73. The van der Waals surface area contributed by atoms with Crippen molar-refractivity contribution in [2.24, 2.45) is 0 Å². The summed E-state index contributed by atoms with van der Waals surface area (Å²) in [5.41, 5.74) is 2.89. The zero-order valence-electron chi connectivity index (χ0n) is 15.7. The van der Waals surface area contributed by atoms with Gasteiger partial charge in [-0.15, -0.1) is 0 Å². The van der Waals surface area contributed by atoms with Crippen LogP contribution in [0.2, 0.25) is 0 Å². The van der Waals surface area contributed by atoms with Crippen molar-refractivity contribution < 1.29 is 23.9 Å². The number of amides is 1. The van der Waals surface area contributed by atoms with Gasteiger partial charge in [0, 0.05) is 5.56 Å². The summed E-state index contributed by atoms with van der Waals surface area (Å²) in [5.74, 6) is -0.519. The summed E-state index contributed by atoms with van der Waals surface area (Å²) in [6.07, 6.45) is 2.69. The summed E-state index contributed by atoms with van der Waals surface area (Å²) in [4.78, 5) is 35.0. The molecule has 0 unspecified atom stereocenters. The molecule has 0 aliphatic heterocycles. The molecule has 6 nitrogen and oxygen atoms in total. The Balaban J connectivity index is 1.48. The van der Waals surface area contributed by atoms with E-state index in [4.69, 9.17) is 9.47 Å². The summed E-state index contributed by atoms with van der Waals surface area (Å²) in [6, 6.07) is 14.4. The second-order valence-corrected chi connectivity index (χ2v) is 6.76. The molecule has 2 aromatic carbocycles. The molecule has 0 spiro atoms. The average molecular weight is 381 g/mol. The van der Waals surface area contributed by atoms with Crippen LogP contribution in [0.25, 0.3) is 0 Å². The van der Waals surface area contributed by atoms with Crippen LogP contribution < -0.4 is 10.1 Å². The van der Waals surface area contributed by atoms with Crippen LogP contribution in [0.15, 0.2) is 48.5 Å². The zero-order valence-corrected chi connectivity index (χ0v) is 15.7. The van der Waals surface area contributed by atoms with E-state index < -0.39 is 12.1 Å². The number of ether oxygens (including phenoxy) is 2. The fourth-order valence-electron chi connectivity index (χ4n) is 3.26. The minimum absolute atomic E-state index is 0.0637. The van der Waals surface area contributed by atoms with E-state index in [9.17, 15) is 14.4 Å². The molecule has 1 aliphatic rings. The van der Waals surface area contributed by atoms with Gasteiger partial charge < -0.3 is 14.8 Å². The van der Waals surface area contributed by atoms with E-state index in [0.29, 0.717) is 11.3 Å². The molecule has 0 bridgehead atoms. The normalized spacial score (nSPS) is 16.4. The van der Waals surface area contributed by atoms with Crippen molar-refractivity contribution >= 4 is 18.2 Å². The van der Waals surface area contributed by atoms with Crippen LogP contribution in [-0.2, 0) is 20.7 Å². The monoisotopic (exact) mass is 381 g/mol. The predicted octanol–water partition coefficient (Wildman–Crippen LogP) is 3.00. The van der Waals surface area contributed by atoms with E-state index in [1.807, 2.05) is 18.2 Å². The number of aldehydes is 1. The highest BCUT2D eigenvalue weighted by Gasteiger charge is 2.25. The lowest BCUT2D eigenvalue weighted by Gasteiger charge is -2.27. The molecule has 1 amide bonds. The van der Waals surface area contributed by atoms with Gasteiger partial charge in [-0.05, 0) is 61.6 Å². The number of hydrogen-bond acceptors (Lipinski definition) is 5.